The number of likely N-dealkylation sites (N-methyl/N-ethyl adjacent to an activating group) is 1. The number of benzene rings is 2. The summed E-state index contributed by atoms with van der Waals surface area (Å²) in [4.78, 5) is 33.7. The number of nitrogens with zero attached hydrogens (tertiary/aromatic N) is 4. The average Bonchev–Trinajstić information content (AvgIpc) is 3.51. The summed E-state index contributed by atoms with van der Waals surface area (Å²) >= 11 is 1.11. The van der Waals surface area contributed by atoms with Crippen LogP contribution in [0.5, 0.6) is 5.75 Å². The van der Waals surface area contributed by atoms with Crippen LogP contribution in [-0.4, -0.2) is 77.2 Å². The summed E-state index contributed by atoms with van der Waals surface area (Å²) in [6.07, 6.45) is 0. The van der Waals surface area contributed by atoms with Gasteiger partial charge in [-0.3, -0.25) is 19.5 Å². The van der Waals surface area contributed by atoms with E-state index in [-0.39, 0.29) is 22.7 Å². The van der Waals surface area contributed by atoms with Crippen LogP contribution in [0.1, 0.15) is 32.5 Å². The Hall–Kier alpha value is -3.60. The fourth-order valence-corrected chi connectivity index (χ4v) is 5.60. The molecule has 2 aromatic carbocycles. The number of ether oxygens (including phenoxy) is 1. The first-order valence-electron chi connectivity index (χ1n) is 12.7. The van der Waals surface area contributed by atoms with E-state index in [4.69, 9.17) is 4.74 Å². The van der Waals surface area contributed by atoms with Crippen molar-refractivity contribution in [2.24, 2.45) is 0 Å². The van der Waals surface area contributed by atoms with Crippen LogP contribution < -0.4 is 14.9 Å². The first kappa shape index (κ1) is 26.0. The van der Waals surface area contributed by atoms with Crippen molar-refractivity contribution < 1.29 is 9.53 Å². The molecule has 3 heterocycles. The maximum absolute atomic E-state index is 13.2. The molecule has 0 spiro atoms. The van der Waals surface area contributed by atoms with Gasteiger partial charge < -0.3 is 15.0 Å². The summed E-state index contributed by atoms with van der Waals surface area (Å²) in [5, 5.41) is 11.7. The largest absolute Gasteiger partial charge is 0.489 e. The van der Waals surface area contributed by atoms with Gasteiger partial charge in [0.25, 0.3) is 5.91 Å². The first-order chi connectivity index (χ1) is 18.4. The average molecular weight is 533 g/mol. The Morgan fingerprint density at radius 3 is 2.71 bits per heavy atom. The molecular formula is C28H32N6O3S. The Labute approximate surface area is 225 Å². The van der Waals surface area contributed by atoms with E-state index < -0.39 is 0 Å². The van der Waals surface area contributed by atoms with Gasteiger partial charge >= 0.3 is 4.87 Å². The molecule has 38 heavy (non-hydrogen) atoms. The third-order valence-electron chi connectivity index (χ3n) is 6.79. The van der Waals surface area contributed by atoms with Crippen LogP contribution in [0.4, 0.5) is 0 Å². The van der Waals surface area contributed by atoms with Crippen molar-refractivity contribution in [3.05, 3.63) is 86.1 Å². The monoisotopic (exact) mass is 532 g/mol. The molecule has 0 saturated carbocycles. The van der Waals surface area contributed by atoms with Crippen molar-refractivity contribution in [2.75, 3.05) is 40.3 Å². The van der Waals surface area contributed by atoms with E-state index in [0.717, 1.165) is 58.1 Å². The second kappa shape index (κ2) is 11.4. The van der Waals surface area contributed by atoms with Crippen LogP contribution >= 0.6 is 11.3 Å². The number of fused-ring (bicyclic) bond motifs is 1. The van der Waals surface area contributed by atoms with E-state index in [1.54, 1.807) is 12.1 Å². The number of nitrogens with one attached hydrogen (secondary N) is 2. The van der Waals surface area contributed by atoms with Crippen LogP contribution in [0, 0.1) is 6.92 Å². The Kier molecular flexibility index (Phi) is 7.82. The Morgan fingerprint density at radius 2 is 1.97 bits per heavy atom. The minimum absolute atomic E-state index is 0.0358. The van der Waals surface area contributed by atoms with Gasteiger partial charge in [-0.05, 0) is 57.4 Å². The molecule has 2 atom stereocenters. The number of carbonyl (C=O) groups excluding carboxylic acids is 1. The maximum Gasteiger partial charge on any atom is 0.322 e. The number of rotatable bonds is 9. The van der Waals surface area contributed by atoms with Crippen LogP contribution in [0.2, 0.25) is 0 Å². The lowest BCUT2D eigenvalue weighted by Crippen LogP contribution is -2.40. The number of hydrogen-bond donors (Lipinski definition) is 2. The van der Waals surface area contributed by atoms with Gasteiger partial charge in [-0.2, -0.15) is 5.10 Å². The van der Waals surface area contributed by atoms with Gasteiger partial charge in [0, 0.05) is 54.3 Å². The second-order valence-electron chi connectivity index (χ2n) is 9.95. The molecule has 0 radical (unpaired) electrons. The molecule has 9 nitrogen and oxygen atoms in total. The number of amides is 1. The zero-order chi connectivity index (χ0) is 26.6. The highest BCUT2D eigenvalue weighted by molar-refractivity contribution is 7.08. The van der Waals surface area contributed by atoms with Crippen molar-refractivity contribution in [3.8, 4) is 5.75 Å². The summed E-state index contributed by atoms with van der Waals surface area (Å²) < 4.78 is 6.05. The molecule has 1 aliphatic rings. The van der Waals surface area contributed by atoms with Crippen molar-refractivity contribution in [1.82, 2.24) is 30.3 Å². The number of para-hydroxylation sites is 1. The highest BCUT2D eigenvalue weighted by Gasteiger charge is 2.37. The number of H-pyrrole nitrogens is 1. The summed E-state index contributed by atoms with van der Waals surface area (Å²) in [5.74, 6) is 0.501. The fraction of sp³-hybridized carbons (Fsp3) is 0.357. The molecule has 0 unspecified atom stereocenters. The normalized spacial score (nSPS) is 17.8. The summed E-state index contributed by atoms with van der Waals surface area (Å²) in [6, 6.07) is 17.1. The van der Waals surface area contributed by atoms with Crippen LogP contribution in [0.25, 0.3) is 10.9 Å². The molecule has 1 saturated heterocycles. The Morgan fingerprint density at radius 1 is 1.18 bits per heavy atom. The SMILES string of the molecule is Cc1cc(COc2ccc(C(=O)N[C@@H]3CN(CCN(C)C)C[C@@H]3c3n[nH]c(=O)s3)cc2)c2ccccc2n1. The number of hydrogen-bond acceptors (Lipinski definition) is 8. The fourth-order valence-electron chi connectivity index (χ4n) is 4.84. The van der Waals surface area contributed by atoms with E-state index >= 15 is 0 Å². The van der Waals surface area contributed by atoms with E-state index in [0.29, 0.717) is 24.5 Å². The van der Waals surface area contributed by atoms with Crippen molar-refractivity contribution in [2.45, 2.75) is 25.5 Å². The van der Waals surface area contributed by atoms with Crippen LogP contribution in [0.15, 0.2) is 59.4 Å². The highest BCUT2D eigenvalue weighted by atomic mass is 32.1. The summed E-state index contributed by atoms with van der Waals surface area (Å²) in [7, 11) is 4.08. The minimum Gasteiger partial charge on any atom is -0.489 e. The van der Waals surface area contributed by atoms with E-state index in [9.17, 15) is 9.59 Å². The molecule has 1 fully saturated rings. The van der Waals surface area contributed by atoms with Gasteiger partial charge in [-0.15, -0.1) is 0 Å². The van der Waals surface area contributed by atoms with Gasteiger partial charge in [-0.1, -0.05) is 29.5 Å². The number of carbonyl (C=O) groups is 1. The highest BCUT2D eigenvalue weighted by Crippen LogP contribution is 2.28. The lowest BCUT2D eigenvalue weighted by Gasteiger charge is -2.19. The topological polar surface area (TPSA) is 103 Å². The number of aryl methyl sites for hydroxylation is 1. The lowest BCUT2D eigenvalue weighted by atomic mass is 10.0. The zero-order valence-corrected chi connectivity index (χ0v) is 22.6. The predicted octanol–water partition coefficient (Wildman–Crippen LogP) is 3.03. The quantitative estimate of drug-likeness (QED) is 0.342. The van der Waals surface area contributed by atoms with E-state index in [1.807, 2.05) is 63.5 Å². The van der Waals surface area contributed by atoms with Gasteiger partial charge in [0.15, 0.2) is 0 Å². The van der Waals surface area contributed by atoms with Crippen molar-refractivity contribution >= 4 is 28.1 Å². The smallest absolute Gasteiger partial charge is 0.322 e. The molecular weight excluding hydrogens is 500 g/mol. The summed E-state index contributed by atoms with van der Waals surface area (Å²) in [6.45, 7) is 5.64. The molecule has 0 aliphatic carbocycles. The minimum atomic E-state index is -0.178. The maximum atomic E-state index is 13.2. The third-order valence-corrected chi connectivity index (χ3v) is 7.67. The number of likely N-dealkylation sites (tertiary alicyclic amines) is 1. The zero-order valence-electron chi connectivity index (χ0n) is 21.8. The predicted molar refractivity (Wildman–Crippen MR) is 149 cm³/mol. The summed E-state index contributed by atoms with van der Waals surface area (Å²) in [5.41, 5.74) is 3.53. The molecule has 2 aromatic heterocycles. The van der Waals surface area contributed by atoms with E-state index in [1.165, 1.54) is 0 Å². The van der Waals surface area contributed by atoms with Gasteiger partial charge in [-0.25, -0.2) is 5.10 Å². The Bertz CT molecular complexity index is 1470. The van der Waals surface area contributed by atoms with E-state index in [2.05, 4.69) is 30.3 Å². The lowest BCUT2D eigenvalue weighted by molar-refractivity contribution is 0.0935. The second-order valence-corrected chi connectivity index (χ2v) is 10.9. The molecule has 5 rings (SSSR count). The molecule has 0 bridgehead atoms. The number of aromatic amines is 1. The first-order valence-corrected chi connectivity index (χ1v) is 13.5. The molecule has 4 aromatic rings. The van der Waals surface area contributed by atoms with Crippen LogP contribution in [0.3, 0.4) is 0 Å². The van der Waals surface area contributed by atoms with Crippen molar-refractivity contribution in [3.63, 3.8) is 0 Å². The number of pyridine rings is 1. The van der Waals surface area contributed by atoms with Gasteiger partial charge in [0.2, 0.25) is 0 Å². The standard InChI is InChI=1S/C28H32N6O3S/c1-18-14-20(22-6-4-5-7-24(22)29-18)17-37-21-10-8-19(9-11-21)26(35)30-25-16-34(13-12-33(2)3)15-23(25)27-31-32-28(36)38-27/h4-11,14,23,25H,12-13,15-17H2,1-3H3,(H,30,35)(H,32,36)/t23-,25+/m0/s1. The van der Waals surface area contributed by atoms with Gasteiger partial charge in [0.1, 0.15) is 17.4 Å². The molecule has 1 amide bonds. The molecule has 198 valence electrons. The van der Waals surface area contributed by atoms with Crippen molar-refractivity contribution in [1.29, 1.82) is 0 Å². The van der Waals surface area contributed by atoms with Crippen LogP contribution in [-0.2, 0) is 6.61 Å². The molecule has 10 heteroatoms. The molecule has 2 N–H and O–H groups in total. The molecule has 1 aliphatic heterocycles. The number of aromatic nitrogens is 3. The Balaban J connectivity index is 1.24. The third kappa shape index (κ3) is 6.09. The van der Waals surface area contributed by atoms with Gasteiger partial charge in [0.05, 0.1) is 11.6 Å².